The molecule has 0 unspecified atom stereocenters. The van der Waals surface area contributed by atoms with Crippen LogP contribution in [0.15, 0.2) is 243 Å². The number of ether oxygens (including phenoxy) is 1. The van der Waals surface area contributed by atoms with E-state index in [-0.39, 0.29) is 6.04 Å². The molecular weight excluding hydrogens is 1490 g/mol. The van der Waals surface area contributed by atoms with Crippen molar-refractivity contribution in [2.24, 2.45) is 7.05 Å². The number of anilines is 10. The predicted molar refractivity (Wildman–Crippen MR) is 447 cm³/mol. The maximum atomic E-state index is 11.4. The summed E-state index contributed by atoms with van der Waals surface area (Å²) in [6.07, 6.45) is 8.44. The fourth-order valence-corrected chi connectivity index (χ4v) is 13.8. The van der Waals surface area contributed by atoms with E-state index in [1.807, 2.05) is 138 Å². The zero-order chi connectivity index (χ0) is 81.9. The number of carbonyl (C=O) groups is 5. The summed E-state index contributed by atoms with van der Waals surface area (Å²) in [7, 11) is 3.60. The Balaban J connectivity index is 0.000000127. The van der Waals surface area contributed by atoms with Crippen LogP contribution in [0.2, 0.25) is 0 Å². The molecule has 31 nitrogen and oxygen atoms in total. The van der Waals surface area contributed by atoms with E-state index in [1.165, 1.54) is 44.9 Å². The van der Waals surface area contributed by atoms with E-state index in [0.717, 1.165) is 107 Å². The number of para-hydroxylation sites is 10. The van der Waals surface area contributed by atoms with E-state index < -0.39 is 29.5 Å². The molecule has 5 amide bonds. The largest absolute Gasteiger partial charge is 0.383 e. The van der Waals surface area contributed by atoms with Gasteiger partial charge in [-0.25, -0.2) is 52.3 Å². The molecule has 17 rings (SSSR count). The molecule has 2 fully saturated rings. The highest BCUT2D eigenvalue weighted by Gasteiger charge is 2.26. The SMILES string of the molecule is CC(C)n1c(Nc2ccc(C(=O)NO)cc2)nc2ccccc21.COCCn1c(Nc2ccc(C(=O)NO)cc2)nc2ccccc21.Cn1c(Nc2ccc(C(=O)NO)cc2)nc2ccccc21.O=C(NO)c1ccc(Nc2nc3ccccc3n2C2CCC2)cc1.O=C(NO)c1ccc(Nc2nc3ccccc3n2C2CCCC2)cc1. The highest BCUT2D eigenvalue weighted by molar-refractivity contribution is 5.97. The molecule has 0 aliphatic heterocycles. The summed E-state index contributed by atoms with van der Waals surface area (Å²) >= 11 is 0. The minimum Gasteiger partial charge on any atom is -0.383 e. The zero-order valence-corrected chi connectivity index (χ0v) is 64.3. The van der Waals surface area contributed by atoms with Crippen LogP contribution in [0.25, 0.3) is 55.2 Å². The van der Waals surface area contributed by atoms with E-state index in [2.05, 4.69) is 81.2 Å². The molecule has 0 radical (unpaired) electrons. The van der Waals surface area contributed by atoms with E-state index in [9.17, 15) is 24.0 Å². The average Bonchev–Trinajstić information content (AvgIpc) is 1.65. The lowest BCUT2D eigenvalue weighted by Gasteiger charge is -2.29. The lowest BCUT2D eigenvalue weighted by Crippen LogP contribution is -2.19. The van der Waals surface area contributed by atoms with Gasteiger partial charge in [0.25, 0.3) is 29.5 Å². The van der Waals surface area contributed by atoms with Gasteiger partial charge in [0.05, 0.1) is 61.8 Å². The van der Waals surface area contributed by atoms with Gasteiger partial charge < -0.3 is 54.2 Å². The Labute approximate surface area is 670 Å². The number of fused-ring (bicyclic) bond motifs is 5. The van der Waals surface area contributed by atoms with Crippen molar-refractivity contribution in [1.82, 2.24) is 75.2 Å². The lowest BCUT2D eigenvalue weighted by atomic mass is 9.93. The smallest absolute Gasteiger partial charge is 0.274 e. The second-order valence-electron chi connectivity index (χ2n) is 27.8. The first-order valence-electron chi connectivity index (χ1n) is 37.9. The molecule has 5 aromatic heterocycles. The van der Waals surface area contributed by atoms with Crippen molar-refractivity contribution in [3.05, 3.63) is 270 Å². The molecule has 0 spiro atoms. The number of aromatic nitrogens is 10. The Kier molecular flexibility index (Phi) is 26.2. The Bertz CT molecular complexity index is 5930. The number of hydrogen-bond acceptors (Lipinski definition) is 21. The Morgan fingerprint density at radius 3 is 0.966 bits per heavy atom. The highest BCUT2D eigenvalue weighted by Crippen LogP contribution is 2.39. The quantitative estimate of drug-likeness (QED) is 0.0235. The second-order valence-corrected chi connectivity index (χ2v) is 27.8. The molecular formula is C86H88N20O11. The number of nitrogens with zero attached hydrogens (tertiary/aromatic N) is 10. The van der Waals surface area contributed by atoms with Crippen molar-refractivity contribution in [2.75, 3.05) is 40.3 Å². The molecule has 2 saturated carbocycles. The maximum absolute atomic E-state index is 11.4. The minimum atomic E-state index is -0.547. The van der Waals surface area contributed by atoms with Crippen molar-refractivity contribution in [3.8, 4) is 0 Å². The molecule has 598 valence electrons. The summed E-state index contributed by atoms with van der Waals surface area (Å²) < 4.78 is 15.9. The molecule has 31 heteroatoms. The molecule has 0 bridgehead atoms. The fourth-order valence-electron chi connectivity index (χ4n) is 13.8. The molecule has 15 aromatic rings. The van der Waals surface area contributed by atoms with Gasteiger partial charge in [0, 0.05) is 95.1 Å². The topological polar surface area (TPSA) is 405 Å². The fraction of sp³-hybridized carbons (Fsp3) is 0.186. The van der Waals surface area contributed by atoms with Crippen molar-refractivity contribution in [2.45, 2.75) is 83.5 Å². The summed E-state index contributed by atoms with van der Waals surface area (Å²) in [4.78, 5) is 80.0. The summed E-state index contributed by atoms with van der Waals surface area (Å²) in [6, 6.07) is 75.4. The minimum absolute atomic E-state index is 0.254. The van der Waals surface area contributed by atoms with Crippen LogP contribution in [-0.4, -0.2) is 117 Å². The van der Waals surface area contributed by atoms with Crippen LogP contribution in [-0.2, 0) is 18.3 Å². The Morgan fingerprint density at radius 2 is 0.624 bits per heavy atom. The third-order valence-electron chi connectivity index (χ3n) is 19.9. The van der Waals surface area contributed by atoms with Crippen LogP contribution in [0.4, 0.5) is 58.2 Å². The number of hydrogen-bond donors (Lipinski definition) is 15. The summed E-state index contributed by atoms with van der Waals surface area (Å²) in [5.74, 6) is 1.15. The van der Waals surface area contributed by atoms with Crippen molar-refractivity contribution >= 4 is 143 Å². The lowest BCUT2D eigenvalue weighted by molar-refractivity contribution is 0.0702. The first-order valence-corrected chi connectivity index (χ1v) is 37.9. The molecule has 0 saturated heterocycles. The van der Waals surface area contributed by atoms with Crippen LogP contribution in [0.1, 0.15) is 129 Å². The van der Waals surface area contributed by atoms with Crippen LogP contribution in [0.5, 0.6) is 0 Å². The third-order valence-corrected chi connectivity index (χ3v) is 19.9. The molecule has 2 aliphatic rings. The van der Waals surface area contributed by atoms with E-state index >= 15 is 0 Å². The summed E-state index contributed by atoms with van der Waals surface area (Å²) in [6.45, 7) is 5.46. The van der Waals surface area contributed by atoms with E-state index in [0.29, 0.717) is 59.0 Å². The number of aryl methyl sites for hydroxylation is 1. The van der Waals surface area contributed by atoms with Gasteiger partial charge in [0.2, 0.25) is 29.7 Å². The van der Waals surface area contributed by atoms with E-state index in [1.54, 1.807) is 144 Å². The zero-order valence-electron chi connectivity index (χ0n) is 64.3. The molecule has 0 atom stereocenters. The van der Waals surface area contributed by atoms with Gasteiger partial charge in [-0.15, -0.1) is 0 Å². The molecule has 15 N–H and O–H groups in total. The van der Waals surface area contributed by atoms with Crippen molar-refractivity contribution in [3.63, 3.8) is 0 Å². The third kappa shape index (κ3) is 19.1. The monoisotopic (exact) mass is 1580 g/mol. The first-order chi connectivity index (χ1) is 57.0. The van der Waals surface area contributed by atoms with Gasteiger partial charge >= 0.3 is 0 Å². The highest BCUT2D eigenvalue weighted by atomic mass is 16.5. The van der Waals surface area contributed by atoms with Crippen molar-refractivity contribution < 1.29 is 54.7 Å². The number of nitrogens with one attached hydrogen (secondary N) is 10. The number of hydroxylamine groups is 5. The summed E-state index contributed by atoms with van der Waals surface area (Å²) in [5, 5.41) is 59.7. The van der Waals surface area contributed by atoms with Gasteiger partial charge in [0.15, 0.2) is 0 Å². The van der Waals surface area contributed by atoms with Crippen LogP contribution < -0.4 is 54.0 Å². The Morgan fingerprint density at radius 1 is 0.350 bits per heavy atom. The normalized spacial score (nSPS) is 12.4. The first kappa shape index (κ1) is 80.7. The van der Waals surface area contributed by atoms with Gasteiger partial charge in [-0.05, 0) is 228 Å². The average molecular weight is 1580 g/mol. The van der Waals surface area contributed by atoms with Crippen molar-refractivity contribution in [1.29, 1.82) is 0 Å². The number of methoxy groups -OCH3 is 1. The number of benzene rings is 10. The van der Waals surface area contributed by atoms with Crippen LogP contribution in [0, 0.1) is 0 Å². The van der Waals surface area contributed by atoms with Gasteiger partial charge in [-0.3, -0.25) is 50.0 Å². The molecule has 5 heterocycles. The van der Waals surface area contributed by atoms with Crippen LogP contribution >= 0.6 is 0 Å². The second kappa shape index (κ2) is 38.0. The number of amides is 5. The summed E-state index contributed by atoms with van der Waals surface area (Å²) in [5.41, 5.74) is 24.3. The number of imidazole rings is 5. The molecule has 2 aliphatic carbocycles. The Hall–Kier alpha value is -14.3. The molecule has 117 heavy (non-hydrogen) atoms. The standard InChI is InChI=1S/C19H20N4O2.C18H18N4O2.C17H18N4O3.C17H18N4O2.C15H14N4O2/c24-18(22-25)13-9-11-14(12-10-13)20-19-21-16-7-3-4-8-17(16)23(19)15-5-1-2-6-15;23-17(21-24)12-8-10-13(11-9-12)19-18-20-15-6-1-2-7-16(15)22(18)14-4-3-5-14;1-24-11-10-21-15-5-3-2-4-14(15)19-17(21)18-13-8-6-12(7-9-13)16(22)20-23;1-11(2)21-15-6-4-3-5-14(15)19-17(21)18-13-9-7-12(8-10-13)16(22)20-23;1-19-13-5-3-2-4-12(13)17-15(19)16-11-8-6-10(7-9-11)14(20)18-21/h3-4,7-12,15,25H,1-2,5-6H2,(H,20,21)(H,22,24);1-2,6-11,14,24H,3-5H2,(H,19,20)(H,21,23);2-9,23H,10-11H2,1H3,(H,18,19)(H,20,22);3-11,23H,1-2H3,(H,18,19)(H,20,22);2-9,21H,1H3,(H,16,17)(H,18,20). The van der Waals surface area contributed by atoms with Crippen LogP contribution in [0.3, 0.4) is 0 Å². The van der Waals surface area contributed by atoms with Gasteiger partial charge in [-0.2, -0.15) is 0 Å². The predicted octanol–water partition coefficient (Wildman–Crippen LogP) is 16.1. The molecule has 10 aromatic carbocycles. The van der Waals surface area contributed by atoms with Gasteiger partial charge in [0.1, 0.15) is 0 Å². The number of carbonyl (C=O) groups excluding carboxylic acids is 5. The van der Waals surface area contributed by atoms with Gasteiger partial charge in [-0.1, -0.05) is 73.5 Å². The maximum Gasteiger partial charge on any atom is 0.274 e. The number of rotatable bonds is 21. The van der Waals surface area contributed by atoms with E-state index in [4.69, 9.17) is 40.7 Å².